The van der Waals surface area contributed by atoms with Gasteiger partial charge in [-0.15, -0.1) is 0 Å². The Morgan fingerprint density at radius 3 is 2.79 bits per heavy atom. The van der Waals surface area contributed by atoms with E-state index in [0.29, 0.717) is 43.3 Å². The van der Waals surface area contributed by atoms with Crippen molar-refractivity contribution in [2.75, 3.05) is 20.2 Å². The first-order valence-corrected chi connectivity index (χ1v) is 11.9. The monoisotopic (exact) mass is 463 g/mol. The second-order valence-corrected chi connectivity index (χ2v) is 9.61. The molecular formula is C25H29N5O4. The van der Waals surface area contributed by atoms with Crippen molar-refractivity contribution in [3.05, 3.63) is 30.0 Å². The molecule has 0 radical (unpaired) electrons. The van der Waals surface area contributed by atoms with Gasteiger partial charge in [-0.25, -0.2) is 0 Å². The first-order chi connectivity index (χ1) is 16.5. The van der Waals surface area contributed by atoms with Crippen LogP contribution >= 0.6 is 0 Å². The predicted molar refractivity (Wildman–Crippen MR) is 124 cm³/mol. The Morgan fingerprint density at radius 2 is 2.12 bits per heavy atom. The van der Waals surface area contributed by atoms with E-state index < -0.39 is 12.1 Å². The molecule has 5 rings (SSSR count). The van der Waals surface area contributed by atoms with E-state index in [-0.39, 0.29) is 36.0 Å². The zero-order valence-corrected chi connectivity index (χ0v) is 19.2. The van der Waals surface area contributed by atoms with Crippen LogP contribution in [-0.2, 0) is 9.59 Å². The van der Waals surface area contributed by atoms with Crippen molar-refractivity contribution in [3.8, 4) is 11.8 Å². The van der Waals surface area contributed by atoms with E-state index in [1.807, 2.05) is 18.2 Å². The van der Waals surface area contributed by atoms with Crippen LogP contribution in [0.4, 0.5) is 0 Å². The molecule has 178 valence electrons. The zero-order valence-electron chi connectivity index (χ0n) is 19.2. The first-order valence-electron chi connectivity index (χ1n) is 11.9. The molecule has 0 spiro atoms. The minimum Gasteiger partial charge on any atom is -0.496 e. The van der Waals surface area contributed by atoms with E-state index in [1.165, 1.54) is 0 Å². The maximum absolute atomic E-state index is 13.6. The van der Waals surface area contributed by atoms with Crippen LogP contribution in [0.5, 0.6) is 5.75 Å². The van der Waals surface area contributed by atoms with Crippen LogP contribution < -0.4 is 15.4 Å². The summed E-state index contributed by atoms with van der Waals surface area (Å²) in [5.74, 6) is 0.596. The van der Waals surface area contributed by atoms with Crippen molar-refractivity contribution in [2.45, 2.75) is 44.2 Å². The fourth-order valence-electron chi connectivity index (χ4n) is 5.39. The molecule has 1 unspecified atom stereocenters. The van der Waals surface area contributed by atoms with Crippen LogP contribution in [0.3, 0.4) is 0 Å². The quantitative estimate of drug-likeness (QED) is 0.578. The second kappa shape index (κ2) is 9.01. The van der Waals surface area contributed by atoms with Crippen molar-refractivity contribution in [1.29, 1.82) is 5.26 Å². The molecule has 1 aliphatic carbocycles. The topological polar surface area (TPSA) is 127 Å². The lowest BCUT2D eigenvalue weighted by molar-refractivity contribution is -0.126. The lowest BCUT2D eigenvalue weighted by Gasteiger charge is -2.25. The number of rotatable bonds is 7. The van der Waals surface area contributed by atoms with Gasteiger partial charge < -0.3 is 25.3 Å². The Hall–Kier alpha value is -3.54. The van der Waals surface area contributed by atoms with Gasteiger partial charge >= 0.3 is 0 Å². The van der Waals surface area contributed by atoms with Gasteiger partial charge in [0.25, 0.3) is 5.91 Å². The maximum Gasteiger partial charge on any atom is 0.270 e. The highest BCUT2D eigenvalue weighted by Crippen LogP contribution is 2.43. The number of hydrogen-bond acceptors (Lipinski definition) is 5. The Bertz CT molecular complexity index is 1160. The molecule has 3 amide bonds. The Labute approximate surface area is 197 Å². The van der Waals surface area contributed by atoms with Crippen molar-refractivity contribution in [2.24, 2.45) is 17.8 Å². The number of ether oxygens (including phenoxy) is 1. The summed E-state index contributed by atoms with van der Waals surface area (Å²) < 4.78 is 5.41. The van der Waals surface area contributed by atoms with Gasteiger partial charge in [0.05, 0.1) is 13.2 Å². The average Bonchev–Trinajstić information content (AvgIpc) is 3.25. The number of aromatic amines is 1. The van der Waals surface area contributed by atoms with E-state index in [1.54, 1.807) is 18.1 Å². The largest absolute Gasteiger partial charge is 0.496 e. The van der Waals surface area contributed by atoms with Crippen LogP contribution in [0.15, 0.2) is 24.3 Å². The molecule has 1 aromatic carbocycles. The lowest BCUT2D eigenvalue weighted by atomic mass is 9.97. The van der Waals surface area contributed by atoms with Gasteiger partial charge in [0.1, 0.15) is 23.5 Å². The SMILES string of the molecule is COc1cccc2[nH]c(C(=O)N3CC(C4CC4)C[C@H]3C(=O)N[C@H](C#N)C[C@@H]3CCNC3=O)cc12. The summed E-state index contributed by atoms with van der Waals surface area (Å²) in [5.41, 5.74) is 1.20. The van der Waals surface area contributed by atoms with Crippen molar-refractivity contribution in [1.82, 2.24) is 20.5 Å². The molecule has 2 aliphatic heterocycles. The number of hydrogen-bond donors (Lipinski definition) is 3. The Balaban J connectivity index is 1.35. The molecule has 3 fully saturated rings. The summed E-state index contributed by atoms with van der Waals surface area (Å²) in [6.07, 6.45) is 3.79. The number of aromatic nitrogens is 1. The van der Waals surface area contributed by atoms with E-state index in [0.717, 1.165) is 23.7 Å². The summed E-state index contributed by atoms with van der Waals surface area (Å²) in [6.45, 7) is 1.12. The summed E-state index contributed by atoms with van der Waals surface area (Å²) in [7, 11) is 1.59. The van der Waals surface area contributed by atoms with Crippen LogP contribution in [0, 0.1) is 29.1 Å². The van der Waals surface area contributed by atoms with Gasteiger partial charge in [-0.1, -0.05) is 6.07 Å². The third kappa shape index (κ3) is 4.20. The van der Waals surface area contributed by atoms with Crippen LogP contribution in [0.1, 0.15) is 42.6 Å². The molecule has 1 aromatic heterocycles. The number of nitrogens with one attached hydrogen (secondary N) is 3. The standard InChI is InChI=1S/C25H29N5O4/c1-34-22-4-2-3-19-18(22)11-20(29-19)25(33)30-13-16(14-5-6-14)10-21(30)24(32)28-17(12-26)9-15-7-8-27-23(15)31/h2-4,11,14-17,21,29H,5-10,13H2,1H3,(H,27,31)(H,28,32)/t15-,16?,17-,21-/m0/s1. The number of carbonyl (C=O) groups is 3. The predicted octanol–water partition coefficient (Wildman–Crippen LogP) is 1.95. The van der Waals surface area contributed by atoms with Gasteiger partial charge in [-0.3, -0.25) is 14.4 Å². The maximum atomic E-state index is 13.6. The van der Waals surface area contributed by atoms with Crippen molar-refractivity contribution >= 4 is 28.6 Å². The average molecular weight is 464 g/mol. The highest BCUT2D eigenvalue weighted by Gasteiger charge is 2.46. The van der Waals surface area contributed by atoms with E-state index in [2.05, 4.69) is 21.7 Å². The van der Waals surface area contributed by atoms with Gasteiger partial charge in [0.2, 0.25) is 11.8 Å². The summed E-state index contributed by atoms with van der Waals surface area (Å²) in [4.78, 5) is 43.6. The third-order valence-corrected chi connectivity index (χ3v) is 7.42. The number of carbonyl (C=O) groups excluding carboxylic acids is 3. The van der Waals surface area contributed by atoms with Gasteiger partial charge in [0, 0.05) is 29.9 Å². The molecule has 2 saturated heterocycles. The van der Waals surface area contributed by atoms with Crippen LogP contribution in [0.25, 0.3) is 10.9 Å². The summed E-state index contributed by atoms with van der Waals surface area (Å²) in [6, 6.07) is 8.06. The molecule has 3 N–H and O–H groups in total. The number of nitriles is 1. The number of amides is 3. The van der Waals surface area contributed by atoms with E-state index in [9.17, 15) is 19.6 Å². The highest BCUT2D eigenvalue weighted by atomic mass is 16.5. The molecular weight excluding hydrogens is 434 g/mol. The zero-order chi connectivity index (χ0) is 23.8. The van der Waals surface area contributed by atoms with Crippen LogP contribution in [-0.4, -0.2) is 59.9 Å². The Morgan fingerprint density at radius 1 is 1.29 bits per heavy atom. The molecule has 34 heavy (non-hydrogen) atoms. The smallest absolute Gasteiger partial charge is 0.270 e. The summed E-state index contributed by atoms with van der Waals surface area (Å²) >= 11 is 0. The van der Waals surface area contributed by atoms with Gasteiger partial charge in [-0.05, 0) is 62.1 Å². The molecule has 3 aliphatic rings. The second-order valence-electron chi connectivity index (χ2n) is 9.61. The minimum absolute atomic E-state index is 0.0739. The fourth-order valence-corrected chi connectivity index (χ4v) is 5.39. The molecule has 9 nitrogen and oxygen atoms in total. The van der Waals surface area contributed by atoms with Gasteiger partial charge in [-0.2, -0.15) is 5.26 Å². The molecule has 0 bridgehead atoms. The molecule has 1 saturated carbocycles. The minimum atomic E-state index is -0.768. The van der Waals surface area contributed by atoms with Crippen molar-refractivity contribution in [3.63, 3.8) is 0 Å². The first kappa shape index (κ1) is 22.3. The third-order valence-electron chi connectivity index (χ3n) is 7.42. The van der Waals surface area contributed by atoms with Crippen molar-refractivity contribution < 1.29 is 19.1 Å². The molecule has 4 atom stereocenters. The number of H-pyrrole nitrogens is 1. The Kier molecular flexibility index (Phi) is 5.90. The fraction of sp³-hybridized carbons (Fsp3) is 0.520. The molecule has 9 heteroatoms. The lowest BCUT2D eigenvalue weighted by Crippen LogP contribution is -2.49. The number of methoxy groups -OCH3 is 1. The number of likely N-dealkylation sites (tertiary alicyclic amines) is 1. The van der Waals surface area contributed by atoms with Gasteiger partial charge in [0.15, 0.2) is 0 Å². The molecule has 2 aromatic rings. The number of fused-ring (bicyclic) bond motifs is 1. The van der Waals surface area contributed by atoms with Crippen LogP contribution in [0.2, 0.25) is 0 Å². The molecule has 3 heterocycles. The normalized spacial score (nSPS) is 25.1. The summed E-state index contributed by atoms with van der Waals surface area (Å²) in [5, 5.41) is 16.0. The number of benzene rings is 1. The van der Waals surface area contributed by atoms with E-state index >= 15 is 0 Å². The number of nitrogens with zero attached hydrogens (tertiary/aromatic N) is 2. The van der Waals surface area contributed by atoms with E-state index in [4.69, 9.17) is 4.74 Å². The highest BCUT2D eigenvalue weighted by molar-refractivity contribution is 6.01.